The van der Waals surface area contributed by atoms with E-state index in [2.05, 4.69) is 29.0 Å². The van der Waals surface area contributed by atoms with Gasteiger partial charge in [-0.3, -0.25) is 0 Å². The van der Waals surface area contributed by atoms with Crippen LogP contribution in [0.25, 0.3) is 0 Å². The van der Waals surface area contributed by atoms with Crippen LogP contribution in [-0.2, 0) is 13.0 Å². The van der Waals surface area contributed by atoms with Crippen LogP contribution in [0.3, 0.4) is 0 Å². The molecule has 1 aromatic heterocycles. The van der Waals surface area contributed by atoms with Crippen molar-refractivity contribution in [3.05, 3.63) is 53.9 Å². The van der Waals surface area contributed by atoms with Crippen LogP contribution in [0.15, 0.2) is 42.6 Å². The van der Waals surface area contributed by atoms with E-state index in [1.165, 1.54) is 11.3 Å². The largest absolute Gasteiger partial charge is 0.496 e. The molecule has 2 rings (SSSR count). The van der Waals surface area contributed by atoms with Crippen LogP contribution in [0.4, 0.5) is 0 Å². The molecular weight excluding hydrogens is 224 g/mol. The highest BCUT2D eigenvalue weighted by Crippen LogP contribution is 2.19. The van der Waals surface area contributed by atoms with Crippen molar-refractivity contribution in [3.8, 4) is 5.75 Å². The first-order valence-electron chi connectivity index (χ1n) is 6.22. The maximum atomic E-state index is 5.86. The summed E-state index contributed by atoms with van der Waals surface area (Å²) in [6.45, 7) is 2.85. The second kappa shape index (κ2) is 5.74. The molecule has 2 aromatic rings. The molecule has 0 spiro atoms. The van der Waals surface area contributed by atoms with Gasteiger partial charge in [0.15, 0.2) is 0 Å². The van der Waals surface area contributed by atoms with Gasteiger partial charge < -0.3 is 15.0 Å². The average Bonchev–Trinajstić information content (AvgIpc) is 2.76. The molecule has 0 saturated heterocycles. The van der Waals surface area contributed by atoms with E-state index in [1.54, 1.807) is 7.11 Å². The number of rotatable bonds is 5. The molecule has 1 atom stereocenters. The molecule has 0 bridgehead atoms. The van der Waals surface area contributed by atoms with E-state index in [0.29, 0.717) is 0 Å². The van der Waals surface area contributed by atoms with Gasteiger partial charge in [-0.1, -0.05) is 18.2 Å². The number of para-hydroxylation sites is 1. The lowest BCUT2D eigenvalue weighted by Gasteiger charge is -2.13. The zero-order chi connectivity index (χ0) is 13.0. The third-order valence-corrected chi connectivity index (χ3v) is 2.99. The summed E-state index contributed by atoms with van der Waals surface area (Å²) in [5, 5.41) is 0. The van der Waals surface area contributed by atoms with Crippen LogP contribution in [-0.4, -0.2) is 17.7 Å². The Kier molecular flexibility index (Phi) is 4.05. The van der Waals surface area contributed by atoms with E-state index in [9.17, 15) is 0 Å². The Morgan fingerprint density at radius 1 is 1.22 bits per heavy atom. The number of nitrogens with two attached hydrogens (primary N) is 1. The van der Waals surface area contributed by atoms with Crippen LogP contribution in [0.1, 0.15) is 18.2 Å². The summed E-state index contributed by atoms with van der Waals surface area (Å²) in [5.41, 5.74) is 8.31. The molecule has 1 heterocycles. The van der Waals surface area contributed by atoms with Gasteiger partial charge >= 0.3 is 0 Å². The van der Waals surface area contributed by atoms with Gasteiger partial charge in [0.1, 0.15) is 5.75 Å². The quantitative estimate of drug-likeness (QED) is 0.877. The number of aromatic nitrogens is 1. The third-order valence-electron chi connectivity index (χ3n) is 2.99. The summed E-state index contributed by atoms with van der Waals surface area (Å²) in [5.74, 6) is 0.929. The van der Waals surface area contributed by atoms with Gasteiger partial charge in [-0.25, -0.2) is 0 Å². The standard InChI is InChI=1S/C15H20N2O/c1-12(16)10-14-7-5-9-17(14)11-13-6-3-4-8-15(13)18-2/h3-9,12H,10-11,16H2,1-2H3. The highest BCUT2D eigenvalue weighted by Gasteiger charge is 2.07. The molecular formula is C15H20N2O. The highest BCUT2D eigenvalue weighted by molar-refractivity contribution is 5.33. The number of methoxy groups -OCH3 is 1. The van der Waals surface area contributed by atoms with E-state index in [4.69, 9.17) is 10.5 Å². The lowest BCUT2D eigenvalue weighted by molar-refractivity contribution is 0.408. The zero-order valence-electron chi connectivity index (χ0n) is 11.0. The number of hydrogen-bond donors (Lipinski definition) is 1. The van der Waals surface area contributed by atoms with Gasteiger partial charge in [0.25, 0.3) is 0 Å². The zero-order valence-corrected chi connectivity index (χ0v) is 11.0. The second-order valence-electron chi connectivity index (χ2n) is 4.62. The minimum Gasteiger partial charge on any atom is -0.496 e. The molecule has 0 fully saturated rings. The molecule has 3 nitrogen and oxygen atoms in total. The SMILES string of the molecule is COc1ccccc1Cn1cccc1CC(C)N. The molecule has 18 heavy (non-hydrogen) atoms. The Morgan fingerprint density at radius 2 is 2.00 bits per heavy atom. The molecule has 3 heteroatoms. The highest BCUT2D eigenvalue weighted by atomic mass is 16.5. The Labute approximate surface area is 108 Å². The van der Waals surface area contributed by atoms with E-state index in [1.807, 2.05) is 25.1 Å². The first-order valence-corrected chi connectivity index (χ1v) is 6.22. The molecule has 0 aliphatic carbocycles. The van der Waals surface area contributed by atoms with Crippen LogP contribution in [0, 0.1) is 0 Å². The number of hydrogen-bond acceptors (Lipinski definition) is 2. The molecule has 0 amide bonds. The van der Waals surface area contributed by atoms with Crippen LogP contribution < -0.4 is 10.5 Å². The topological polar surface area (TPSA) is 40.2 Å². The van der Waals surface area contributed by atoms with Crippen molar-refractivity contribution in [3.63, 3.8) is 0 Å². The predicted octanol–water partition coefficient (Wildman–Crippen LogP) is 2.43. The summed E-state index contributed by atoms with van der Waals surface area (Å²) in [6, 6.07) is 12.5. The van der Waals surface area contributed by atoms with Gasteiger partial charge in [-0.15, -0.1) is 0 Å². The fraction of sp³-hybridized carbons (Fsp3) is 0.333. The average molecular weight is 244 g/mol. The maximum absolute atomic E-state index is 5.86. The van der Waals surface area contributed by atoms with Gasteiger partial charge in [-0.05, 0) is 25.1 Å². The molecule has 1 aromatic carbocycles. The van der Waals surface area contributed by atoms with Gasteiger partial charge in [0.05, 0.1) is 13.7 Å². The fourth-order valence-electron chi connectivity index (χ4n) is 2.14. The van der Waals surface area contributed by atoms with Crippen molar-refractivity contribution in [2.75, 3.05) is 7.11 Å². The second-order valence-corrected chi connectivity index (χ2v) is 4.62. The number of nitrogens with zero attached hydrogens (tertiary/aromatic N) is 1. The third kappa shape index (κ3) is 2.93. The smallest absolute Gasteiger partial charge is 0.123 e. The van der Waals surface area contributed by atoms with Gasteiger partial charge in [-0.2, -0.15) is 0 Å². The maximum Gasteiger partial charge on any atom is 0.123 e. The van der Waals surface area contributed by atoms with Crippen molar-refractivity contribution in [2.24, 2.45) is 5.73 Å². The lowest BCUT2D eigenvalue weighted by atomic mass is 10.1. The Morgan fingerprint density at radius 3 is 2.72 bits per heavy atom. The Bertz CT molecular complexity index is 503. The minimum atomic E-state index is 0.177. The van der Waals surface area contributed by atoms with Crippen LogP contribution in [0.2, 0.25) is 0 Å². The minimum absolute atomic E-state index is 0.177. The first kappa shape index (κ1) is 12.7. The van der Waals surface area contributed by atoms with Crippen molar-refractivity contribution in [2.45, 2.75) is 25.9 Å². The normalized spacial score (nSPS) is 12.4. The van der Waals surface area contributed by atoms with E-state index in [0.717, 1.165) is 18.7 Å². The van der Waals surface area contributed by atoms with E-state index in [-0.39, 0.29) is 6.04 Å². The summed E-state index contributed by atoms with van der Waals surface area (Å²) in [4.78, 5) is 0. The Hall–Kier alpha value is -1.74. The molecule has 1 unspecified atom stereocenters. The van der Waals surface area contributed by atoms with Crippen molar-refractivity contribution in [1.82, 2.24) is 4.57 Å². The number of ether oxygens (including phenoxy) is 1. The lowest BCUT2D eigenvalue weighted by Crippen LogP contribution is -2.20. The fourth-order valence-corrected chi connectivity index (χ4v) is 2.14. The van der Waals surface area contributed by atoms with Crippen molar-refractivity contribution >= 4 is 0 Å². The van der Waals surface area contributed by atoms with E-state index < -0.39 is 0 Å². The molecule has 0 radical (unpaired) electrons. The summed E-state index contributed by atoms with van der Waals surface area (Å²) >= 11 is 0. The first-order chi connectivity index (χ1) is 8.70. The summed E-state index contributed by atoms with van der Waals surface area (Å²) in [7, 11) is 1.71. The van der Waals surface area contributed by atoms with Gasteiger partial charge in [0, 0.05) is 29.9 Å². The van der Waals surface area contributed by atoms with Gasteiger partial charge in [0.2, 0.25) is 0 Å². The molecule has 2 N–H and O–H groups in total. The van der Waals surface area contributed by atoms with Crippen LogP contribution in [0.5, 0.6) is 5.75 Å². The van der Waals surface area contributed by atoms with Crippen molar-refractivity contribution < 1.29 is 4.74 Å². The predicted molar refractivity (Wildman–Crippen MR) is 73.9 cm³/mol. The molecule has 0 saturated carbocycles. The summed E-state index contributed by atoms with van der Waals surface area (Å²) < 4.78 is 7.60. The van der Waals surface area contributed by atoms with Crippen LogP contribution >= 0.6 is 0 Å². The summed E-state index contributed by atoms with van der Waals surface area (Å²) in [6.07, 6.45) is 2.98. The molecule has 0 aliphatic heterocycles. The molecule has 0 aliphatic rings. The van der Waals surface area contributed by atoms with E-state index >= 15 is 0 Å². The Balaban J connectivity index is 2.21. The van der Waals surface area contributed by atoms with Crippen molar-refractivity contribution in [1.29, 1.82) is 0 Å². The monoisotopic (exact) mass is 244 g/mol. The molecule has 96 valence electrons. The number of benzene rings is 1.